The number of thioether (sulfide) groups is 1. The number of rotatable bonds is 6. The topological polar surface area (TPSA) is 51.0 Å². The van der Waals surface area contributed by atoms with Crippen LogP contribution >= 0.6 is 23.5 Å². The zero-order valence-electron chi connectivity index (χ0n) is 11.3. The van der Waals surface area contributed by atoms with Crippen LogP contribution in [0.15, 0.2) is 37.9 Å². The average molecular weight is 295 g/mol. The Labute approximate surface area is 121 Å². The maximum absolute atomic E-state index is 5.30. The third kappa shape index (κ3) is 3.91. The van der Waals surface area contributed by atoms with E-state index in [4.69, 9.17) is 4.42 Å². The molecule has 102 valence electrons. The van der Waals surface area contributed by atoms with E-state index in [2.05, 4.69) is 22.2 Å². The van der Waals surface area contributed by atoms with Crippen molar-refractivity contribution >= 4 is 29.3 Å². The normalized spacial score (nSPS) is 10.7. The van der Waals surface area contributed by atoms with Crippen molar-refractivity contribution in [1.29, 1.82) is 0 Å². The van der Waals surface area contributed by atoms with Crippen LogP contribution in [0, 0.1) is 6.92 Å². The van der Waals surface area contributed by atoms with Crippen LogP contribution in [0.4, 0.5) is 5.82 Å². The molecule has 0 bridgehead atoms. The Kier molecular flexibility index (Phi) is 5.15. The summed E-state index contributed by atoms with van der Waals surface area (Å²) >= 11 is 3.15. The van der Waals surface area contributed by atoms with Gasteiger partial charge in [0.05, 0.1) is 11.2 Å². The number of anilines is 1. The molecule has 0 amide bonds. The van der Waals surface area contributed by atoms with Gasteiger partial charge >= 0.3 is 0 Å². The number of furan rings is 1. The van der Waals surface area contributed by atoms with Gasteiger partial charge in [-0.1, -0.05) is 30.4 Å². The number of aryl methyl sites for hydroxylation is 1. The largest absolute Gasteiger partial charge is 0.468 e. The smallest absolute Gasteiger partial charge is 0.190 e. The molecule has 1 N–H and O–H groups in total. The van der Waals surface area contributed by atoms with Crippen molar-refractivity contribution < 1.29 is 4.42 Å². The monoisotopic (exact) mass is 295 g/mol. The van der Waals surface area contributed by atoms with Gasteiger partial charge in [0.1, 0.15) is 16.6 Å². The second kappa shape index (κ2) is 6.86. The molecule has 6 heteroatoms. The molecule has 2 rings (SSSR count). The summed E-state index contributed by atoms with van der Waals surface area (Å²) in [6, 6.07) is 3.94. The Morgan fingerprint density at radius 3 is 2.84 bits per heavy atom. The molecule has 0 atom stereocenters. The van der Waals surface area contributed by atoms with Crippen LogP contribution in [-0.4, -0.2) is 22.8 Å². The number of aromatic nitrogens is 2. The SMILES string of the molecule is CCCNc1cc(Sc2ccoc2C)nc(SC)n1. The molecule has 0 saturated carbocycles. The molecule has 0 fully saturated rings. The molecule has 0 radical (unpaired) electrons. The maximum Gasteiger partial charge on any atom is 0.190 e. The van der Waals surface area contributed by atoms with Gasteiger partial charge in [-0.15, -0.1) is 0 Å². The highest BCUT2D eigenvalue weighted by Crippen LogP contribution is 2.31. The van der Waals surface area contributed by atoms with Crippen LogP contribution in [0.25, 0.3) is 0 Å². The van der Waals surface area contributed by atoms with Gasteiger partial charge in [0.15, 0.2) is 5.16 Å². The van der Waals surface area contributed by atoms with Crippen molar-refractivity contribution in [2.75, 3.05) is 18.1 Å². The number of nitrogens with zero attached hydrogens (tertiary/aromatic N) is 2. The van der Waals surface area contributed by atoms with Crippen LogP contribution in [0.1, 0.15) is 19.1 Å². The van der Waals surface area contributed by atoms with E-state index >= 15 is 0 Å². The molecular weight excluding hydrogens is 278 g/mol. The molecule has 0 aliphatic heterocycles. The van der Waals surface area contributed by atoms with Gasteiger partial charge in [-0.25, -0.2) is 9.97 Å². The number of nitrogens with one attached hydrogen (secondary N) is 1. The minimum Gasteiger partial charge on any atom is -0.468 e. The first-order valence-corrected chi connectivity index (χ1v) is 8.16. The predicted molar refractivity (Wildman–Crippen MR) is 80.2 cm³/mol. The van der Waals surface area contributed by atoms with E-state index in [0.29, 0.717) is 0 Å². The van der Waals surface area contributed by atoms with E-state index in [9.17, 15) is 0 Å². The first kappa shape index (κ1) is 14.3. The summed E-state index contributed by atoms with van der Waals surface area (Å²) in [6.07, 6.45) is 4.75. The Morgan fingerprint density at radius 1 is 1.37 bits per heavy atom. The Hall–Kier alpha value is -1.14. The minimum atomic E-state index is 0.782. The van der Waals surface area contributed by atoms with Gasteiger partial charge in [0.25, 0.3) is 0 Å². The fraction of sp³-hybridized carbons (Fsp3) is 0.385. The van der Waals surface area contributed by atoms with E-state index in [1.807, 2.05) is 25.3 Å². The third-order valence-electron chi connectivity index (χ3n) is 2.45. The van der Waals surface area contributed by atoms with Crippen molar-refractivity contribution in [2.45, 2.75) is 35.3 Å². The molecule has 0 unspecified atom stereocenters. The molecule has 4 nitrogen and oxygen atoms in total. The van der Waals surface area contributed by atoms with E-state index in [1.165, 1.54) is 0 Å². The molecule has 0 aliphatic rings. The molecule has 0 aromatic carbocycles. The Bertz CT molecular complexity index is 542. The zero-order chi connectivity index (χ0) is 13.7. The predicted octanol–water partition coefficient (Wildman–Crippen LogP) is 4.07. The first-order chi connectivity index (χ1) is 9.22. The molecular formula is C13H17N3OS2. The second-order valence-corrected chi connectivity index (χ2v) is 5.78. The van der Waals surface area contributed by atoms with E-state index in [0.717, 1.165) is 39.6 Å². The van der Waals surface area contributed by atoms with Gasteiger partial charge < -0.3 is 9.73 Å². The fourth-order valence-corrected chi connectivity index (χ4v) is 2.76. The lowest BCUT2D eigenvalue weighted by Crippen LogP contribution is -2.03. The number of hydrogen-bond donors (Lipinski definition) is 1. The van der Waals surface area contributed by atoms with Crippen LogP contribution in [-0.2, 0) is 0 Å². The molecule has 0 aliphatic carbocycles. The van der Waals surface area contributed by atoms with Crippen molar-refractivity contribution in [2.24, 2.45) is 0 Å². The highest BCUT2D eigenvalue weighted by atomic mass is 32.2. The summed E-state index contributed by atoms with van der Waals surface area (Å²) in [7, 11) is 0. The van der Waals surface area contributed by atoms with Gasteiger partial charge in [0, 0.05) is 12.6 Å². The van der Waals surface area contributed by atoms with Gasteiger partial charge in [0.2, 0.25) is 0 Å². The van der Waals surface area contributed by atoms with Gasteiger partial charge in [-0.2, -0.15) is 0 Å². The number of hydrogen-bond acceptors (Lipinski definition) is 6. The standard InChI is InChI=1S/C13H17N3OS2/c1-4-6-14-11-8-12(16-13(15-11)18-3)19-10-5-7-17-9(10)2/h5,7-8H,4,6H2,1-3H3,(H,14,15,16). The van der Waals surface area contributed by atoms with Crippen molar-refractivity contribution in [1.82, 2.24) is 9.97 Å². The summed E-state index contributed by atoms with van der Waals surface area (Å²) in [5.41, 5.74) is 0. The summed E-state index contributed by atoms with van der Waals surface area (Å²) in [5, 5.41) is 5.02. The van der Waals surface area contributed by atoms with Crippen molar-refractivity contribution in [3.8, 4) is 0 Å². The zero-order valence-corrected chi connectivity index (χ0v) is 12.9. The molecule has 2 aromatic rings. The van der Waals surface area contributed by atoms with Crippen LogP contribution in [0.5, 0.6) is 0 Å². The fourth-order valence-electron chi connectivity index (χ4n) is 1.48. The second-order valence-electron chi connectivity index (χ2n) is 3.95. The molecule has 2 heterocycles. The van der Waals surface area contributed by atoms with Crippen LogP contribution in [0.2, 0.25) is 0 Å². The quantitative estimate of drug-likeness (QED) is 0.492. The minimum absolute atomic E-state index is 0.782. The summed E-state index contributed by atoms with van der Waals surface area (Å²) in [4.78, 5) is 10.0. The lowest BCUT2D eigenvalue weighted by molar-refractivity contribution is 0.527. The lowest BCUT2D eigenvalue weighted by Gasteiger charge is -2.07. The maximum atomic E-state index is 5.30. The molecule has 0 spiro atoms. The molecule has 0 saturated heterocycles. The van der Waals surface area contributed by atoms with Crippen LogP contribution in [0.3, 0.4) is 0 Å². The molecule has 19 heavy (non-hydrogen) atoms. The van der Waals surface area contributed by atoms with Crippen molar-refractivity contribution in [3.05, 3.63) is 24.2 Å². The van der Waals surface area contributed by atoms with Crippen molar-refractivity contribution in [3.63, 3.8) is 0 Å². The Balaban J connectivity index is 2.21. The van der Waals surface area contributed by atoms with E-state index in [1.54, 1.807) is 29.8 Å². The van der Waals surface area contributed by atoms with Crippen LogP contribution < -0.4 is 5.32 Å². The van der Waals surface area contributed by atoms with E-state index < -0.39 is 0 Å². The average Bonchev–Trinajstić information content (AvgIpc) is 2.81. The van der Waals surface area contributed by atoms with E-state index in [-0.39, 0.29) is 0 Å². The summed E-state index contributed by atoms with van der Waals surface area (Å²) < 4.78 is 5.30. The van der Waals surface area contributed by atoms with Gasteiger partial charge in [-0.3, -0.25) is 0 Å². The molecule has 2 aromatic heterocycles. The Morgan fingerprint density at radius 2 is 2.21 bits per heavy atom. The summed E-state index contributed by atoms with van der Waals surface area (Å²) in [6.45, 7) is 5.00. The highest BCUT2D eigenvalue weighted by molar-refractivity contribution is 7.99. The third-order valence-corrected chi connectivity index (χ3v) is 4.06. The summed E-state index contributed by atoms with van der Waals surface area (Å²) in [5.74, 6) is 1.79. The lowest BCUT2D eigenvalue weighted by atomic mass is 10.4. The first-order valence-electron chi connectivity index (χ1n) is 6.11. The highest BCUT2D eigenvalue weighted by Gasteiger charge is 2.08. The van der Waals surface area contributed by atoms with Gasteiger partial charge in [-0.05, 0) is 25.7 Å².